The van der Waals surface area contributed by atoms with Crippen molar-refractivity contribution in [2.45, 2.75) is 6.92 Å². The quantitative estimate of drug-likeness (QED) is 0.385. The number of nitriles is 1. The minimum Gasteiger partial charge on any atom is -0.324 e. The number of benzene rings is 1. The predicted molar refractivity (Wildman–Crippen MR) is 66.6 cm³/mol. The minimum absolute atomic E-state index is 0.133. The molecule has 0 aliphatic carbocycles. The topological polar surface area (TPSA) is 58.3 Å². The molecule has 2 aromatic rings. The lowest BCUT2D eigenvalue weighted by molar-refractivity contribution is 0.415. The average molecular weight is 249 g/mol. The number of hydrogen-bond acceptors (Lipinski definition) is 6. The summed E-state index contributed by atoms with van der Waals surface area (Å²) >= 11 is 4.89. The number of oxime groups is 1. The van der Waals surface area contributed by atoms with Gasteiger partial charge in [0.1, 0.15) is 6.07 Å². The molecule has 0 unspecified atom stereocenters. The molecule has 1 heterocycles. The number of aryl methyl sites for hydroxylation is 1. The van der Waals surface area contributed by atoms with E-state index in [1.807, 2.05) is 31.2 Å². The third kappa shape index (κ3) is 2.01. The summed E-state index contributed by atoms with van der Waals surface area (Å²) in [6.07, 6.45) is 0. The Morgan fingerprint density at radius 2 is 2.44 bits per heavy atom. The predicted octanol–water partition coefficient (Wildman–Crippen LogP) is 2.69. The van der Waals surface area contributed by atoms with Crippen molar-refractivity contribution in [1.29, 1.82) is 5.26 Å². The van der Waals surface area contributed by atoms with Gasteiger partial charge in [0.25, 0.3) is 0 Å². The van der Waals surface area contributed by atoms with Gasteiger partial charge in [0.15, 0.2) is 5.01 Å². The van der Waals surface area contributed by atoms with Crippen LogP contribution < -0.4 is 0 Å². The van der Waals surface area contributed by atoms with Crippen molar-refractivity contribution in [2.75, 3.05) is 0 Å². The van der Waals surface area contributed by atoms with E-state index in [1.54, 1.807) is 0 Å². The summed E-state index contributed by atoms with van der Waals surface area (Å²) in [7, 11) is 0. The van der Waals surface area contributed by atoms with Gasteiger partial charge in [-0.2, -0.15) is 5.26 Å². The van der Waals surface area contributed by atoms with Gasteiger partial charge < -0.3 is 4.28 Å². The van der Waals surface area contributed by atoms with Gasteiger partial charge in [-0.3, -0.25) is 0 Å². The third-order valence-corrected chi connectivity index (χ3v) is 3.09. The summed E-state index contributed by atoms with van der Waals surface area (Å²) in [5, 5.41) is 12.9. The first-order valence-electron chi connectivity index (χ1n) is 4.41. The minimum atomic E-state index is 0.133. The molecular formula is C10H7N3OS2. The number of thiazole rings is 1. The SMILES string of the molecule is Cc1ccc2nc(/C(C#N)=N/OS)sc2c1. The Bertz CT molecular complexity index is 598. The molecule has 0 saturated heterocycles. The smallest absolute Gasteiger partial charge is 0.216 e. The molecule has 0 aliphatic heterocycles. The Hall–Kier alpha value is -1.58. The van der Waals surface area contributed by atoms with Crippen LogP contribution in [0.4, 0.5) is 0 Å². The molecule has 0 fully saturated rings. The largest absolute Gasteiger partial charge is 0.324 e. The Morgan fingerprint density at radius 1 is 1.62 bits per heavy atom. The molecule has 0 atom stereocenters. The standard InChI is InChI=1S/C10H7N3OS2/c1-6-2-3-7-9(4-6)16-10(12-7)8(5-11)13-14-15/h2-4,15H,1H3/b13-8+. The molecule has 1 aromatic carbocycles. The first-order valence-corrected chi connectivity index (χ1v) is 5.59. The molecule has 4 nitrogen and oxygen atoms in total. The van der Waals surface area contributed by atoms with Gasteiger partial charge in [-0.15, -0.1) is 11.3 Å². The van der Waals surface area contributed by atoms with Crippen LogP contribution in [-0.4, -0.2) is 10.7 Å². The number of aromatic nitrogens is 1. The summed E-state index contributed by atoms with van der Waals surface area (Å²) in [6.45, 7) is 2.01. The maximum absolute atomic E-state index is 8.86. The molecule has 0 radical (unpaired) electrons. The average Bonchev–Trinajstić information content (AvgIpc) is 2.68. The van der Waals surface area contributed by atoms with Crippen molar-refractivity contribution in [2.24, 2.45) is 5.16 Å². The lowest BCUT2D eigenvalue weighted by Crippen LogP contribution is -1.95. The molecule has 1 aromatic heterocycles. The van der Waals surface area contributed by atoms with E-state index in [2.05, 4.69) is 27.3 Å². The van der Waals surface area contributed by atoms with E-state index in [0.717, 1.165) is 15.8 Å². The highest BCUT2D eigenvalue weighted by molar-refractivity contribution is 7.75. The highest BCUT2D eigenvalue weighted by Crippen LogP contribution is 2.23. The molecule has 0 saturated carbocycles. The number of thiol groups is 1. The van der Waals surface area contributed by atoms with E-state index in [-0.39, 0.29) is 5.71 Å². The first-order chi connectivity index (χ1) is 7.74. The number of nitrogens with zero attached hydrogens (tertiary/aromatic N) is 3. The highest BCUT2D eigenvalue weighted by Gasteiger charge is 2.10. The summed E-state index contributed by atoms with van der Waals surface area (Å²) in [6, 6.07) is 7.83. The summed E-state index contributed by atoms with van der Waals surface area (Å²) in [5.41, 5.74) is 2.14. The molecule has 0 N–H and O–H groups in total. The fourth-order valence-corrected chi connectivity index (χ4v) is 2.36. The van der Waals surface area contributed by atoms with Crippen LogP contribution in [0, 0.1) is 18.3 Å². The van der Waals surface area contributed by atoms with E-state index in [4.69, 9.17) is 5.26 Å². The van der Waals surface area contributed by atoms with Gasteiger partial charge in [-0.25, -0.2) is 4.98 Å². The van der Waals surface area contributed by atoms with Crippen LogP contribution in [0.2, 0.25) is 0 Å². The van der Waals surface area contributed by atoms with Crippen molar-refractivity contribution in [3.8, 4) is 6.07 Å². The number of rotatable bonds is 2. The van der Waals surface area contributed by atoms with Crippen molar-refractivity contribution in [3.63, 3.8) is 0 Å². The molecule has 0 amide bonds. The van der Waals surface area contributed by atoms with Crippen LogP contribution in [0.15, 0.2) is 23.4 Å². The van der Waals surface area contributed by atoms with Crippen molar-refractivity contribution in [1.82, 2.24) is 4.98 Å². The second-order valence-corrected chi connectivity index (χ2v) is 4.32. The van der Waals surface area contributed by atoms with E-state index in [1.165, 1.54) is 11.3 Å². The fraction of sp³-hybridized carbons (Fsp3) is 0.100. The highest BCUT2D eigenvalue weighted by atomic mass is 32.1. The van der Waals surface area contributed by atoms with Crippen LogP contribution in [-0.2, 0) is 4.28 Å². The molecule has 0 aliphatic rings. The van der Waals surface area contributed by atoms with Gasteiger partial charge in [0.2, 0.25) is 5.71 Å². The Balaban J connectivity index is 2.55. The normalized spacial score (nSPS) is 11.4. The van der Waals surface area contributed by atoms with Crippen LogP contribution in [0.3, 0.4) is 0 Å². The van der Waals surface area contributed by atoms with Gasteiger partial charge in [-0.05, 0) is 24.6 Å². The lowest BCUT2D eigenvalue weighted by atomic mass is 10.2. The molecule has 80 valence electrons. The van der Waals surface area contributed by atoms with Gasteiger partial charge in [0, 0.05) is 0 Å². The summed E-state index contributed by atoms with van der Waals surface area (Å²) in [5.74, 6) is 0. The zero-order valence-corrected chi connectivity index (χ0v) is 10.0. The van der Waals surface area contributed by atoms with Crippen molar-refractivity contribution in [3.05, 3.63) is 28.8 Å². The van der Waals surface area contributed by atoms with Crippen molar-refractivity contribution >= 4 is 40.2 Å². The van der Waals surface area contributed by atoms with E-state index >= 15 is 0 Å². The van der Waals surface area contributed by atoms with E-state index in [0.29, 0.717) is 5.01 Å². The molecule has 0 spiro atoms. The zero-order valence-electron chi connectivity index (χ0n) is 8.34. The number of fused-ring (bicyclic) bond motifs is 1. The Morgan fingerprint density at radius 3 is 3.12 bits per heavy atom. The molecule has 0 bridgehead atoms. The maximum Gasteiger partial charge on any atom is 0.216 e. The molecule has 6 heteroatoms. The van der Waals surface area contributed by atoms with Gasteiger partial charge in [0.05, 0.1) is 23.1 Å². The lowest BCUT2D eigenvalue weighted by Gasteiger charge is -1.88. The number of hydrogen-bond donors (Lipinski definition) is 1. The van der Waals surface area contributed by atoms with Gasteiger partial charge >= 0.3 is 0 Å². The third-order valence-electron chi connectivity index (χ3n) is 1.98. The summed E-state index contributed by atoms with van der Waals surface area (Å²) < 4.78 is 5.32. The monoisotopic (exact) mass is 249 g/mol. The zero-order chi connectivity index (χ0) is 11.5. The molecule has 2 rings (SSSR count). The fourth-order valence-electron chi connectivity index (χ4n) is 1.28. The first kappa shape index (κ1) is 10.9. The van der Waals surface area contributed by atoms with Crippen LogP contribution in [0.1, 0.15) is 10.6 Å². The van der Waals surface area contributed by atoms with E-state index in [9.17, 15) is 0 Å². The van der Waals surface area contributed by atoms with Crippen LogP contribution >= 0.6 is 24.2 Å². The second-order valence-electron chi connectivity index (χ2n) is 3.12. The summed E-state index contributed by atoms with van der Waals surface area (Å²) in [4.78, 5) is 4.29. The van der Waals surface area contributed by atoms with Crippen molar-refractivity contribution < 1.29 is 4.28 Å². The second kappa shape index (κ2) is 4.51. The van der Waals surface area contributed by atoms with Crippen LogP contribution in [0.25, 0.3) is 10.2 Å². The maximum atomic E-state index is 8.86. The van der Waals surface area contributed by atoms with Gasteiger partial charge in [-0.1, -0.05) is 11.2 Å². The molecule has 16 heavy (non-hydrogen) atoms. The molecular weight excluding hydrogens is 242 g/mol. The Kier molecular flexibility index (Phi) is 3.08. The van der Waals surface area contributed by atoms with Crippen LogP contribution in [0.5, 0.6) is 0 Å². The Labute approximate surface area is 102 Å². The van der Waals surface area contributed by atoms with E-state index < -0.39 is 0 Å².